The predicted octanol–water partition coefficient (Wildman–Crippen LogP) is 7.07. The molecule has 5 aromatic rings. The van der Waals surface area contributed by atoms with Crippen LogP contribution >= 0.6 is 11.3 Å². The van der Waals surface area contributed by atoms with E-state index in [1.807, 2.05) is 78.2 Å². The van der Waals surface area contributed by atoms with Gasteiger partial charge in [-0.15, -0.1) is 11.3 Å². The molecule has 7 heteroatoms. The third kappa shape index (κ3) is 4.60. The van der Waals surface area contributed by atoms with E-state index in [4.69, 9.17) is 0 Å². The van der Waals surface area contributed by atoms with Crippen LogP contribution < -0.4 is 10.2 Å². The van der Waals surface area contributed by atoms with Crippen molar-refractivity contribution >= 4 is 34.0 Å². The van der Waals surface area contributed by atoms with Gasteiger partial charge in [-0.05, 0) is 65.6 Å². The summed E-state index contributed by atoms with van der Waals surface area (Å²) in [5.74, 6) is -0.729. The highest BCUT2D eigenvalue weighted by Gasteiger charge is 2.26. The molecule has 1 aliphatic heterocycles. The zero-order valence-electron chi connectivity index (χ0n) is 20.2. The van der Waals surface area contributed by atoms with Gasteiger partial charge in [-0.2, -0.15) is 0 Å². The highest BCUT2D eigenvalue weighted by atomic mass is 32.1. The SMILES string of the molecule is O=C(Nc1nc(-c2ccc3c(c2)CCN3C(=O)c2ccc(F)cc2)cs1)c1ccccc1-c1ccccc1. The number of amides is 2. The van der Waals surface area contributed by atoms with Crippen LogP contribution in [0.15, 0.2) is 102 Å². The Balaban J connectivity index is 1.20. The van der Waals surface area contributed by atoms with E-state index in [9.17, 15) is 14.0 Å². The van der Waals surface area contributed by atoms with Crippen molar-refractivity contribution in [3.8, 4) is 22.4 Å². The van der Waals surface area contributed by atoms with E-state index in [1.165, 1.54) is 35.6 Å². The average molecular weight is 520 g/mol. The molecule has 0 unspecified atom stereocenters. The summed E-state index contributed by atoms with van der Waals surface area (Å²) in [6, 6.07) is 28.8. The topological polar surface area (TPSA) is 62.3 Å². The lowest BCUT2D eigenvalue weighted by atomic mass is 9.99. The number of anilines is 2. The lowest BCUT2D eigenvalue weighted by Gasteiger charge is -2.17. The highest BCUT2D eigenvalue weighted by molar-refractivity contribution is 7.14. The smallest absolute Gasteiger partial charge is 0.258 e. The maximum Gasteiger partial charge on any atom is 0.258 e. The zero-order chi connectivity index (χ0) is 26.1. The first kappa shape index (κ1) is 23.8. The Labute approximate surface area is 223 Å². The molecule has 38 heavy (non-hydrogen) atoms. The fourth-order valence-electron chi connectivity index (χ4n) is 4.70. The molecule has 4 aromatic carbocycles. The van der Waals surface area contributed by atoms with Crippen LogP contribution in [0.5, 0.6) is 0 Å². The maximum atomic E-state index is 13.3. The number of thiazole rings is 1. The summed E-state index contributed by atoms with van der Waals surface area (Å²) >= 11 is 1.37. The Hall–Kier alpha value is -4.62. The van der Waals surface area contributed by atoms with Gasteiger partial charge in [0.15, 0.2) is 5.13 Å². The number of benzene rings is 4. The minimum atomic E-state index is -0.368. The molecule has 0 saturated carbocycles. The molecule has 0 saturated heterocycles. The molecule has 0 bridgehead atoms. The van der Waals surface area contributed by atoms with Gasteiger partial charge in [-0.1, -0.05) is 54.6 Å². The normalized spacial score (nSPS) is 12.3. The second-order valence-electron chi connectivity index (χ2n) is 8.96. The zero-order valence-corrected chi connectivity index (χ0v) is 21.0. The summed E-state index contributed by atoms with van der Waals surface area (Å²) in [6.45, 7) is 0.564. The van der Waals surface area contributed by atoms with Gasteiger partial charge >= 0.3 is 0 Å². The Morgan fingerprint density at radius 3 is 2.45 bits per heavy atom. The van der Waals surface area contributed by atoms with Crippen LogP contribution in [-0.4, -0.2) is 23.3 Å². The first-order valence-electron chi connectivity index (χ1n) is 12.2. The molecule has 0 fully saturated rings. The quantitative estimate of drug-likeness (QED) is 0.270. The fraction of sp³-hybridized carbons (Fsp3) is 0.0645. The molecule has 186 valence electrons. The standard InChI is InChI=1S/C31H22FN3O2S/c32-24-13-10-21(11-14-24)30(37)35-17-16-23-18-22(12-15-28(23)35)27-19-38-31(33-27)34-29(36)26-9-5-4-8-25(26)20-6-2-1-3-7-20/h1-15,18-19H,16-17H2,(H,33,34,36). The van der Waals surface area contributed by atoms with Crippen molar-refractivity contribution in [2.45, 2.75) is 6.42 Å². The first-order valence-corrected chi connectivity index (χ1v) is 13.1. The van der Waals surface area contributed by atoms with Crippen LogP contribution in [0.2, 0.25) is 0 Å². The van der Waals surface area contributed by atoms with Crippen molar-refractivity contribution in [3.05, 3.63) is 125 Å². The molecule has 0 atom stereocenters. The van der Waals surface area contributed by atoms with Crippen LogP contribution in [0.1, 0.15) is 26.3 Å². The molecular weight excluding hydrogens is 497 g/mol. The fourth-order valence-corrected chi connectivity index (χ4v) is 5.41. The summed E-state index contributed by atoms with van der Waals surface area (Å²) in [5, 5.41) is 5.37. The van der Waals surface area contributed by atoms with E-state index in [1.54, 1.807) is 4.90 Å². The molecule has 0 radical (unpaired) electrons. The number of rotatable bonds is 5. The Morgan fingerprint density at radius 1 is 0.868 bits per heavy atom. The first-order chi connectivity index (χ1) is 18.6. The summed E-state index contributed by atoms with van der Waals surface area (Å²) < 4.78 is 13.3. The number of carbonyl (C=O) groups excluding carboxylic acids is 2. The average Bonchev–Trinajstić information content (AvgIpc) is 3.60. The minimum absolute atomic E-state index is 0.147. The number of halogens is 1. The number of hydrogen-bond acceptors (Lipinski definition) is 4. The molecule has 2 amide bonds. The Kier molecular flexibility index (Phi) is 6.27. The molecule has 1 aliphatic rings. The summed E-state index contributed by atoms with van der Waals surface area (Å²) in [4.78, 5) is 32.5. The van der Waals surface area contributed by atoms with Crippen LogP contribution in [0.25, 0.3) is 22.4 Å². The van der Waals surface area contributed by atoms with Gasteiger partial charge in [0.25, 0.3) is 11.8 Å². The number of hydrogen-bond donors (Lipinski definition) is 1. The van der Waals surface area contributed by atoms with Gasteiger partial charge in [-0.25, -0.2) is 9.37 Å². The molecule has 6 rings (SSSR count). The van der Waals surface area contributed by atoms with E-state index in [0.29, 0.717) is 22.8 Å². The largest absolute Gasteiger partial charge is 0.308 e. The number of fused-ring (bicyclic) bond motifs is 1. The van der Waals surface area contributed by atoms with Crippen LogP contribution in [0, 0.1) is 5.82 Å². The lowest BCUT2D eigenvalue weighted by molar-refractivity contribution is 0.0987. The number of aromatic nitrogens is 1. The number of carbonyl (C=O) groups is 2. The molecule has 2 heterocycles. The van der Waals surface area contributed by atoms with Gasteiger partial charge in [0.1, 0.15) is 5.82 Å². The second kappa shape index (κ2) is 10.0. The molecule has 5 nitrogen and oxygen atoms in total. The van der Waals surface area contributed by atoms with E-state index in [0.717, 1.165) is 40.1 Å². The molecule has 0 aliphatic carbocycles. The van der Waals surface area contributed by atoms with Crippen LogP contribution in [0.4, 0.5) is 15.2 Å². The number of nitrogens with one attached hydrogen (secondary N) is 1. The summed E-state index contributed by atoms with van der Waals surface area (Å²) in [5.41, 5.74) is 6.45. The third-order valence-electron chi connectivity index (χ3n) is 6.59. The van der Waals surface area contributed by atoms with Crippen molar-refractivity contribution in [1.82, 2.24) is 4.98 Å². The van der Waals surface area contributed by atoms with Crippen molar-refractivity contribution < 1.29 is 14.0 Å². The van der Waals surface area contributed by atoms with Gasteiger partial charge in [0.2, 0.25) is 0 Å². The monoisotopic (exact) mass is 519 g/mol. The minimum Gasteiger partial charge on any atom is -0.308 e. The summed E-state index contributed by atoms with van der Waals surface area (Å²) in [6.07, 6.45) is 0.722. The predicted molar refractivity (Wildman–Crippen MR) is 149 cm³/mol. The van der Waals surface area contributed by atoms with Crippen LogP contribution in [-0.2, 0) is 6.42 Å². The van der Waals surface area contributed by atoms with Gasteiger partial charge in [-0.3, -0.25) is 14.9 Å². The number of nitrogens with zero attached hydrogens (tertiary/aromatic N) is 2. The summed E-state index contributed by atoms with van der Waals surface area (Å²) in [7, 11) is 0. The molecular formula is C31H22FN3O2S. The van der Waals surface area contributed by atoms with Gasteiger partial charge < -0.3 is 4.90 Å². The van der Waals surface area contributed by atoms with Crippen LogP contribution in [0.3, 0.4) is 0 Å². The van der Waals surface area contributed by atoms with Gasteiger partial charge in [0.05, 0.1) is 5.69 Å². The highest BCUT2D eigenvalue weighted by Crippen LogP contribution is 2.34. The van der Waals surface area contributed by atoms with Crippen molar-refractivity contribution in [2.75, 3.05) is 16.8 Å². The Bertz CT molecular complexity index is 1650. The van der Waals surface area contributed by atoms with Gasteiger partial charge in [0, 0.05) is 34.3 Å². The Morgan fingerprint density at radius 2 is 1.63 bits per heavy atom. The van der Waals surface area contributed by atoms with Crippen molar-refractivity contribution in [3.63, 3.8) is 0 Å². The third-order valence-corrected chi connectivity index (χ3v) is 7.35. The van der Waals surface area contributed by atoms with Crippen molar-refractivity contribution in [1.29, 1.82) is 0 Å². The van der Waals surface area contributed by atoms with E-state index in [-0.39, 0.29) is 17.6 Å². The lowest BCUT2D eigenvalue weighted by Crippen LogP contribution is -2.28. The van der Waals surface area contributed by atoms with Crippen molar-refractivity contribution in [2.24, 2.45) is 0 Å². The molecule has 1 aromatic heterocycles. The van der Waals surface area contributed by atoms with E-state index in [2.05, 4.69) is 10.3 Å². The molecule has 0 spiro atoms. The van der Waals surface area contributed by atoms with E-state index >= 15 is 0 Å². The molecule has 1 N–H and O–H groups in total. The van der Waals surface area contributed by atoms with E-state index < -0.39 is 0 Å². The maximum absolute atomic E-state index is 13.3. The second-order valence-corrected chi connectivity index (χ2v) is 9.82.